The van der Waals surface area contributed by atoms with E-state index in [1.54, 1.807) is 30.0 Å². The number of amides is 2. The summed E-state index contributed by atoms with van der Waals surface area (Å²) in [6.45, 7) is 3.14. The highest BCUT2D eigenvalue weighted by Gasteiger charge is 2.28. The summed E-state index contributed by atoms with van der Waals surface area (Å²) in [5, 5.41) is 3.11. The Bertz CT molecular complexity index is 1230. The van der Waals surface area contributed by atoms with Gasteiger partial charge in [-0.2, -0.15) is 0 Å². The number of fused-ring (bicyclic) bond motifs is 1. The van der Waals surface area contributed by atoms with E-state index < -0.39 is 16.1 Å². The summed E-state index contributed by atoms with van der Waals surface area (Å²) in [4.78, 5) is 28.1. The Morgan fingerprint density at radius 1 is 1.00 bits per heavy atom. The van der Waals surface area contributed by atoms with Gasteiger partial charge in [0.05, 0.1) is 11.9 Å². The normalized spacial score (nSPS) is 15.9. The van der Waals surface area contributed by atoms with Gasteiger partial charge in [0, 0.05) is 31.6 Å². The number of ether oxygens (including phenoxy) is 2. The van der Waals surface area contributed by atoms with Crippen LogP contribution in [0, 0.1) is 0 Å². The molecule has 0 unspecified atom stereocenters. The van der Waals surface area contributed by atoms with Gasteiger partial charge >= 0.3 is 0 Å². The smallest absolute Gasteiger partial charge is 0.242 e. The number of nitrogens with zero attached hydrogens (tertiary/aromatic N) is 2. The van der Waals surface area contributed by atoms with Gasteiger partial charge in [-0.25, -0.2) is 8.42 Å². The van der Waals surface area contributed by atoms with Crippen LogP contribution in [0.5, 0.6) is 11.5 Å². The predicted octanol–water partition coefficient (Wildman–Crippen LogP) is 3.52. The summed E-state index contributed by atoms with van der Waals surface area (Å²) < 4.78 is 37.7. The van der Waals surface area contributed by atoms with Crippen molar-refractivity contribution < 1.29 is 27.5 Å². The number of carbonyl (C=O) groups excluding carboxylic acids is 2. The van der Waals surface area contributed by atoms with Gasteiger partial charge in [0.25, 0.3) is 0 Å². The Morgan fingerprint density at radius 2 is 1.69 bits per heavy atom. The maximum atomic E-state index is 13.4. The van der Waals surface area contributed by atoms with Crippen molar-refractivity contribution >= 4 is 27.5 Å². The number of carbonyl (C=O) groups is 2. The number of hydrogen-bond acceptors (Lipinski definition) is 6. The highest BCUT2D eigenvalue weighted by atomic mass is 32.2. The lowest BCUT2D eigenvalue weighted by Crippen LogP contribution is -2.50. The number of anilines is 1. The molecule has 0 aromatic heterocycles. The van der Waals surface area contributed by atoms with Crippen LogP contribution in [0.4, 0.5) is 5.69 Å². The molecule has 2 aromatic carbocycles. The third-order valence-electron chi connectivity index (χ3n) is 7.32. The maximum Gasteiger partial charge on any atom is 0.242 e. The molecule has 1 heterocycles. The van der Waals surface area contributed by atoms with Crippen LogP contribution in [-0.2, 0) is 26.0 Å². The fourth-order valence-corrected chi connectivity index (χ4v) is 6.11. The van der Waals surface area contributed by atoms with Crippen LogP contribution in [-0.4, -0.2) is 69.8 Å². The Kier molecular flexibility index (Phi) is 9.72. The van der Waals surface area contributed by atoms with Crippen molar-refractivity contribution in [1.82, 2.24) is 10.2 Å². The third kappa shape index (κ3) is 7.88. The minimum absolute atomic E-state index is 0.117. The molecule has 1 fully saturated rings. The molecule has 0 saturated heterocycles. The highest BCUT2D eigenvalue weighted by molar-refractivity contribution is 7.92. The van der Waals surface area contributed by atoms with E-state index in [0.29, 0.717) is 49.8 Å². The van der Waals surface area contributed by atoms with Crippen molar-refractivity contribution in [3.63, 3.8) is 0 Å². The summed E-state index contributed by atoms with van der Waals surface area (Å²) in [5.74, 6) is 0.762. The summed E-state index contributed by atoms with van der Waals surface area (Å²) in [6.07, 6.45) is 6.35. The molecule has 1 N–H and O–H groups in total. The molecule has 2 amide bonds. The number of nitrogens with one attached hydrogen (secondary N) is 1. The van der Waals surface area contributed by atoms with Crippen LogP contribution in [0.1, 0.15) is 51.0 Å². The Labute approximate surface area is 231 Å². The lowest BCUT2D eigenvalue weighted by atomic mass is 10.1. The van der Waals surface area contributed by atoms with Crippen LogP contribution in [0.25, 0.3) is 0 Å². The molecule has 0 radical (unpaired) electrons. The van der Waals surface area contributed by atoms with Gasteiger partial charge < -0.3 is 19.7 Å². The molecule has 2 aromatic rings. The molecule has 0 bridgehead atoms. The van der Waals surface area contributed by atoms with E-state index in [0.717, 1.165) is 37.5 Å². The molecule has 9 nitrogen and oxygen atoms in total. The molecule has 39 heavy (non-hydrogen) atoms. The molecule has 4 rings (SSSR count). The van der Waals surface area contributed by atoms with Crippen LogP contribution in [0.3, 0.4) is 0 Å². The van der Waals surface area contributed by atoms with Crippen LogP contribution in [0.2, 0.25) is 0 Å². The van der Waals surface area contributed by atoms with Crippen molar-refractivity contribution in [1.29, 1.82) is 0 Å². The van der Waals surface area contributed by atoms with Crippen molar-refractivity contribution in [2.24, 2.45) is 0 Å². The van der Waals surface area contributed by atoms with Crippen LogP contribution in [0.15, 0.2) is 48.5 Å². The quantitative estimate of drug-likeness (QED) is 0.428. The zero-order valence-corrected chi connectivity index (χ0v) is 23.6. The number of hydrogen-bond donors (Lipinski definition) is 1. The summed E-state index contributed by atoms with van der Waals surface area (Å²) >= 11 is 0. The first kappa shape index (κ1) is 28.7. The fraction of sp³-hybridized carbons (Fsp3) is 0.517. The lowest BCUT2D eigenvalue weighted by molar-refractivity contribution is -0.140. The molecule has 1 aliphatic heterocycles. The standard InChI is InChI=1S/C29H39N3O6S/c1-22(29(34)30-24-11-6-7-12-24)31(18-16-23-9-4-3-5-10-23)28(33)13-8-17-32(39(2,35)36)25-14-15-26-27(21-25)38-20-19-37-26/h3-5,9-10,14-15,21-22,24H,6-8,11-13,16-20H2,1-2H3,(H,30,34)/t22-/m1/s1. The van der Waals surface area contributed by atoms with Crippen molar-refractivity contribution in [2.45, 2.75) is 64.0 Å². The SMILES string of the molecule is C[C@H](C(=O)NC1CCCC1)N(CCc1ccccc1)C(=O)CCCN(c1ccc2c(c1)OCCO2)S(C)(=O)=O. The van der Waals surface area contributed by atoms with E-state index in [4.69, 9.17) is 9.47 Å². The first-order chi connectivity index (χ1) is 18.7. The lowest BCUT2D eigenvalue weighted by Gasteiger charge is -2.30. The Balaban J connectivity index is 1.42. The molecule has 1 aliphatic carbocycles. The van der Waals surface area contributed by atoms with E-state index in [9.17, 15) is 18.0 Å². The molecule has 1 saturated carbocycles. The molecular weight excluding hydrogens is 518 g/mol. The number of sulfonamides is 1. The van der Waals surface area contributed by atoms with Crippen molar-refractivity contribution in [2.75, 3.05) is 36.9 Å². The second-order valence-corrected chi connectivity index (χ2v) is 12.2. The molecule has 212 valence electrons. The molecule has 2 aliphatic rings. The third-order valence-corrected chi connectivity index (χ3v) is 8.51. The van der Waals surface area contributed by atoms with Crippen LogP contribution >= 0.6 is 0 Å². The monoisotopic (exact) mass is 557 g/mol. The summed E-state index contributed by atoms with van der Waals surface area (Å²) in [5.41, 5.74) is 1.54. The average Bonchev–Trinajstić information content (AvgIpc) is 3.43. The van der Waals surface area contributed by atoms with Gasteiger partial charge in [-0.05, 0) is 50.3 Å². The van der Waals surface area contributed by atoms with Crippen molar-refractivity contribution in [3.05, 3.63) is 54.1 Å². The molecule has 10 heteroatoms. The number of benzene rings is 2. The second-order valence-electron chi connectivity index (χ2n) is 10.3. The van der Waals surface area contributed by atoms with Gasteiger partial charge in [0.2, 0.25) is 21.8 Å². The maximum absolute atomic E-state index is 13.4. The van der Waals surface area contributed by atoms with Crippen molar-refractivity contribution in [3.8, 4) is 11.5 Å². The van der Waals surface area contributed by atoms with Gasteiger partial charge in [-0.15, -0.1) is 0 Å². The van der Waals surface area contributed by atoms with Gasteiger partial charge in [-0.1, -0.05) is 43.2 Å². The predicted molar refractivity (Wildman–Crippen MR) is 151 cm³/mol. The van der Waals surface area contributed by atoms with Gasteiger partial charge in [-0.3, -0.25) is 13.9 Å². The Hall–Kier alpha value is -3.27. The van der Waals surface area contributed by atoms with Gasteiger partial charge in [0.15, 0.2) is 11.5 Å². The zero-order valence-electron chi connectivity index (χ0n) is 22.8. The highest BCUT2D eigenvalue weighted by Crippen LogP contribution is 2.34. The topological polar surface area (TPSA) is 105 Å². The summed E-state index contributed by atoms with van der Waals surface area (Å²) in [7, 11) is -3.60. The minimum Gasteiger partial charge on any atom is -0.486 e. The summed E-state index contributed by atoms with van der Waals surface area (Å²) in [6, 6.07) is 14.4. The molecule has 1 atom stereocenters. The molecular formula is C29H39N3O6S. The van der Waals surface area contributed by atoms with Crippen LogP contribution < -0.4 is 19.1 Å². The average molecular weight is 558 g/mol. The van der Waals surface area contributed by atoms with E-state index in [1.165, 1.54) is 4.31 Å². The molecule has 0 spiro atoms. The zero-order chi connectivity index (χ0) is 27.8. The first-order valence-corrected chi connectivity index (χ1v) is 15.6. The van der Waals surface area contributed by atoms with E-state index in [-0.39, 0.29) is 30.8 Å². The number of rotatable bonds is 12. The largest absolute Gasteiger partial charge is 0.486 e. The fourth-order valence-electron chi connectivity index (χ4n) is 5.15. The Morgan fingerprint density at radius 3 is 2.38 bits per heavy atom. The van der Waals surface area contributed by atoms with Gasteiger partial charge in [0.1, 0.15) is 19.3 Å². The van der Waals surface area contributed by atoms with E-state index >= 15 is 0 Å². The minimum atomic E-state index is -3.60. The van der Waals surface area contributed by atoms with E-state index in [1.807, 2.05) is 30.3 Å². The van der Waals surface area contributed by atoms with E-state index in [2.05, 4.69) is 5.32 Å². The first-order valence-electron chi connectivity index (χ1n) is 13.7. The second kappa shape index (κ2) is 13.2.